The van der Waals surface area contributed by atoms with E-state index in [2.05, 4.69) is 11.7 Å². The Labute approximate surface area is 211 Å². The molecule has 0 saturated heterocycles. The fourth-order valence-electron chi connectivity index (χ4n) is 6.38. The van der Waals surface area contributed by atoms with E-state index in [9.17, 15) is 17.6 Å². The predicted molar refractivity (Wildman–Crippen MR) is 133 cm³/mol. The van der Waals surface area contributed by atoms with Gasteiger partial charge in [-0.25, -0.2) is 8.78 Å². The van der Waals surface area contributed by atoms with Crippen molar-refractivity contribution in [1.82, 2.24) is 0 Å². The Hall–Kier alpha value is -2.11. The van der Waals surface area contributed by atoms with Gasteiger partial charge in [-0.15, -0.1) is 0 Å². The first-order valence-corrected chi connectivity index (χ1v) is 13.5. The van der Waals surface area contributed by atoms with Crippen LogP contribution in [-0.2, 0) is 0 Å². The van der Waals surface area contributed by atoms with E-state index in [1.807, 2.05) is 6.07 Å². The minimum Gasteiger partial charge on any atom is -0.481 e. The summed E-state index contributed by atoms with van der Waals surface area (Å²) in [6, 6.07) is 8.68. The number of unbranched alkanes of at least 4 members (excludes halogenated alkanes) is 3. The van der Waals surface area contributed by atoms with E-state index in [0.29, 0.717) is 5.92 Å². The molecule has 2 aliphatic carbocycles. The topological polar surface area (TPSA) is 9.23 Å². The molecule has 36 heavy (non-hydrogen) atoms. The van der Waals surface area contributed by atoms with Crippen LogP contribution in [0.2, 0.25) is 0 Å². The van der Waals surface area contributed by atoms with Crippen LogP contribution in [0.5, 0.6) is 5.75 Å². The largest absolute Gasteiger partial charge is 0.481 e. The van der Waals surface area contributed by atoms with Crippen molar-refractivity contribution in [3.05, 3.63) is 53.6 Å². The van der Waals surface area contributed by atoms with Crippen LogP contribution in [0.15, 0.2) is 36.4 Å². The molecule has 0 aromatic heterocycles. The maximum Gasteiger partial charge on any atom is 0.422 e. The first-order valence-electron chi connectivity index (χ1n) is 13.5. The lowest BCUT2D eigenvalue weighted by Crippen LogP contribution is -2.30. The molecular formula is C30H37F5O. The normalized spacial score (nSPS) is 24.4. The Kier molecular flexibility index (Phi) is 8.95. The van der Waals surface area contributed by atoms with Gasteiger partial charge in [0.25, 0.3) is 0 Å². The van der Waals surface area contributed by atoms with Gasteiger partial charge in [-0.2, -0.15) is 13.2 Å². The van der Waals surface area contributed by atoms with Gasteiger partial charge in [0.2, 0.25) is 0 Å². The van der Waals surface area contributed by atoms with Gasteiger partial charge < -0.3 is 4.74 Å². The molecule has 2 aromatic rings. The monoisotopic (exact) mass is 508 g/mol. The van der Waals surface area contributed by atoms with Crippen molar-refractivity contribution in [2.45, 2.75) is 89.6 Å². The van der Waals surface area contributed by atoms with Gasteiger partial charge in [-0.05, 0) is 85.1 Å². The molecule has 0 N–H and O–H groups in total. The van der Waals surface area contributed by atoms with E-state index in [-0.39, 0.29) is 11.1 Å². The highest BCUT2D eigenvalue weighted by Crippen LogP contribution is 2.48. The Bertz CT molecular complexity index is 1000. The molecule has 198 valence electrons. The summed E-state index contributed by atoms with van der Waals surface area (Å²) in [4.78, 5) is 0. The van der Waals surface area contributed by atoms with E-state index in [0.717, 1.165) is 48.3 Å². The van der Waals surface area contributed by atoms with Crippen molar-refractivity contribution >= 4 is 0 Å². The summed E-state index contributed by atoms with van der Waals surface area (Å²) in [5.41, 5.74) is 1.50. The third-order valence-electron chi connectivity index (χ3n) is 8.29. The highest BCUT2D eigenvalue weighted by Gasteiger charge is 2.36. The minimum atomic E-state index is -4.56. The van der Waals surface area contributed by atoms with Crippen LogP contribution < -0.4 is 4.74 Å². The average molecular weight is 509 g/mol. The second-order valence-electron chi connectivity index (χ2n) is 10.8. The van der Waals surface area contributed by atoms with Gasteiger partial charge in [0.1, 0.15) is 5.82 Å². The maximum absolute atomic E-state index is 15.1. The quantitative estimate of drug-likeness (QED) is 0.242. The first-order chi connectivity index (χ1) is 17.2. The zero-order valence-electron chi connectivity index (χ0n) is 21.1. The fraction of sp³-hybridized carbons (Fsp3) is 0.600. The van der Waals surface area contributed by atoms with Gasteiger partial charge in [0.05, 0.1) is 0 Å². The van der Waals surface area contributed by atoms with Gasteiger partial charge >= 0.3 is 6.18 Å². The summed E-state index contributed by atoms with van der Waals surface area (Å²) in [7, 11) is 0. The molecule has 2 aromatic carbocycles. The number of rotatable bonds is 9. The Balaban J connectivity index is 1.35. The van der Waals surface area contributed by atoms with Crippen LogP contribution in [0.4, 0.5) is 22.0 Å². The highest BCUT2D eigenvalue weighted by molar-refractivity contribution is 5.65. The van der Waals surface area contributed by atoms with E-state index >= 15 is 4.39 Å². The second-order valence-corrected chi connectivity index (χ2v) is 10.8. The van der Waals surface area contributed by atoms with Gasteiger partial charge in [0.15, 0.2) is 18.2 Å². The molecule has 1 nitrogen and oxygen atoms in total. The van der Waals surface area contributed by atoms with Gasteiger partial charge in [0, 0.05) is 5.56 Å². The predicted octanol–water partition coefficient (Wildman–Crippen LogP) is 9.84. The Morgan fingerprint density at radius 3 is 2.33 bits per heavy atom. The molecule has 4 atom stereocenters. The molecule has 1 unspecified atom stereocenters. The summed E-state index contributed by atoms with van der Waals surface area (Å²) < 4.78 is 70.9. The molecule has 0 radical (unpaired) electrons. The standard InChI is InChI=1S/C30H37F5O/c1-2-3-4-5-6-20-7-8-22-16-23(10-9-21(22)15-20)24-11-13-26(27(31)17-24)25-12-14-29(28(32)18-25)36-19-30(33,34)35/h11-14,17-18,20-23H,2-10,15-16,19H2,1H3/t20?,21-,22-,23-/m1/s1. The van der Waals surface area contributed by atoms with Crippen molar-refractivity contribution < 1.29 is 26.7 Å². The van der Waals surface area contributed by atoms with Crippen LogP contribution in [0.25, 0.3) is 11.1 Å². The smallest absolute Gasteiger partial charge is 0.422 e. The van der Waals surface area contributed by atoms with Crippen molar-refractivity contribution in [2.75, 3.05) is 6.61 Å². The lowest BCUT2D eigenvalue weighted by molar-refractivity contribution is -0.153. The van der Waals surface area contributed by atoms with E-state index in [1.165, 1.54) is 63.9 Å². The average Bonchev–Trinajstić information content (AvgIpc) is 2.85. The van der Waals surface area contributed by atoms with Crippen LogP contribution in [0, 0.1) is 29.4 Å². The number of alkyl halides is 3. The van der Waals surface area contributed by atoms with Crippen LogP contribution in [0.3, 0.4) is 0 Å². The maximum atomic E-state index is 15.1. The van der Waals surface area contributed by atoms with Crippen LogP contribution in [-0.4, -0.2) is 12.8 Å². The Morgan fingerprint density at radius 1 is 0.833 bits per heavy atom. The number of fused-ring (bicyclic) bond motifs is 1. The molecule has 2 saturated carbocycles. The molecule has 2 fully saturated rings. The molecule has 2 aliphatic rings. The molecule has 4 rings (SSSR count). The number of halogens is 5. The summed E-state index contributed by atoms with van der Waals surface area (Å²) >= 11 is 0. The summed E-state index contributed by atoms with van der Waals surface area (Å²) in [6.07, 6.45) is 9.48. The summed E-state index contributed by atoms with van der Waals surface area (Å²) in [5.74, 6) is 0.856. The fourth-order valence-corrected chi connectivity index (χ4v) is 6.38. The van der Waals surface area contributed by atoms with Gasteiger partial charge in [-0.3, -0.25) is 0 Å². The number of benzene rings is 2. The summed E-state index contributed by atoms with van der Waals surface area (Å²) in [6.45, 7) is 0.677. The zero-order valence-corrected chi connectivity index (χ0v) is 21.1. The van der Waals surface area contributed by atoms with Crippen LogP contribution >= 0.6 is 0 Å². The van der Waals surface area contributed by atoms with Crippen molar-refractivity contribution in [2.24, 2.45) is 17.8 Å². The number of ether oxygens (including phenoxy) is 1. The van der Waals surface area contributed by atoms with Crippen molar-refractivity contribution in [3.8, 4) is 16.9 Å². The number of hydrogen-bond acceptors (Lipinski definition) is 1. The third kappa shape index (κ3) is 7.01. The second kappa shape index (κ2) is 12.0. The van der Waals surface area contributed by atoms with Crippen molar-refractivity contribution in [3.63, 3.8) is 0 Å². The molecule has 0 bridgehead atoms. The third-order valence-corrected chi connectivity index (χ3v) is 8.29. The lowest BCUT2D eigenvalue weighted by atomic mass is 9.63. The first kappa shape index (κ1) is 26.9. The molecular weight excluding hydrogens is 471 g/mol. The molecule has 0 amide bonds. The summed E-state index contributed by atoms with van der Waals surface area (Å²) in [5, 5.41) is 0. The minimum absolute atomic E-state index is 0.234. The lowest BCUT2D eigenvalue weighted by Gasteiger charge is -2.42. The van der Waals surface area contributed by atoms with Crippen LogP contribution in [0.1, 0.15) is 89.0 Å². The van der Waals surface area contributed by atoms with E-state index in [1.54, 1.807) is 12.1 Å². The Morgan fingerprint density at radius 2 is 1.61 bits per heavy atom. The van der Waals surface area contributed by atoms with E-state index < -0.39 is 30.2 Å². The van der Waals surface area contributed by atoms with Crippen molar-refractivity contribution in [1.29, 1.82) is 0 Å². The van der Waals surface area contributed by atoms with Gasteiger partial charge in [-0.1, -0.05) is 63.6 Å². The SMILES string of the molecule is CCCCCCC1CC[C@@H]2C[C@H](c3ccc(-c4ccc(OCC(F)(F)F)c(F)c4)c(F)c3)CC[C@@H]2C1. The molecule has 6 heteroatoms. The molecule has 0 aliphatic heterocycles. The number of hydrogen-bond donors (Lipinski definition) is 0. The zero-order chi connectivity index (χ0) is 25.7. The molecule has 0 spiro atoms. The van der Waals surface area contributed by atoms with E-state index in [4.69, 9.17) is 0 Å². The highest BCUT2D eigenvalue weighted by atomic mass is 19.4. The molecule has 0 heterocycles.